The monoisotopic (exact) mass is 836 g/mol. The third kappa shape index (κ3) is 9.07. The van der Waals surface area contributed by atoms with E-state index in [0.717, 1.165) is 89.0 Å². The van der Waals surface area contributed by atoms with Crippen LogP contribution in [0.25, 0.3) is 33.1 Å². The Balaban J connectivity index is 0.774. The van der Waals surface area contributed by atoms with E-state index in [1.165, 1.54) is 12.1 Å². The van der Waals surface area contributed by atoms with E-state index in [4.69, 9.17) is 9.47 Å². The van der Waals surface area contributed by atoms with E-state index in [1.54, 1.807) is 29.9 Å². The summed E-state index contributed by atoms with van der Waals surface area (Å²) in [5.74, 6) is 0.220. The summed E-state index contributed by atoms with van der Waals surface area (Å²) >= 11 is 0. The first-order chi connectivity index (χ1) is 29.3. The summed E-state index contributed by atoms with van der Waals surface area (Å²) in [5.41, 5.74) is 4.87. The maximum absolute atomic E-state index is 13.3. The first-order valence-electron chi connectivity index (χ1n) is 20.5. The maximum Gasteiger partial charge on any atom is 0.416 e. The van der Waals surface area contributed by atoms with Crippen LogP contribution in [-0.4, -0.2) is 92.9 Å². The number of rotatable bonds is 13. The fourth-order valence-corrected chi connectivity index (χ4v) is 8.39. The van der Waals surface area contributed by atoms with Crippen LogP contribution >= 0.6 is 0 Å². The Kier molecular flexibility index (Phi) is 11.8. The largest absolute Gasteiger partial charge is 0.508 e. The van der Waals surface area contributed by atoms with Gasteiger partial charge in [0.25, 0.3) is 5.91 Å². The molecule has 2 N–H and O–H groups in total. The van der Waals surface area contributed by atoms with Crippen molar-refractivity contribution in [1.29, 1.82) is 0 Å². The number of halogens is 3. The van der Waals surface area contributed by atoms with Gasteiger partial charge in [0.2, 0.25) is 11.8 Å². The summed E-state index contributed by atoms with van der Waals surface area (Å²) in [5, 5.41) is 18.8. The normalized spacial score (nSPS) is 16.3. The number of aromatic hydroxyl groups is 1. The zero-order valence-corrected chi connectivity index (χ0v) is 34.0. The van der Waals surface area contributed by atoms with Gasteiger partial charge in [0.1, 0.15) is 17.2 Å². The predicted molar refractivity (Wildman–Crippen MR) is 223 cm³/mol. The van der Waals surface area contributed by atoms with Crippen molar-refractivity contribution in [2.75, 3.05) is 45.9 Å². The van der Waals surface area contributed by atoms with Crippen molar-refractivity contribution < 1.29 is 42.1 Å². The number of phenolic OH excluding ortho intramolecular Hbond substituents is 1. The number of alkyl halides is 3. The molecule has 4 aromatic carbocycles. The third-order valence-corrected chi connectivity index (χ3v) is 11.7. The second-order valence-corrected chi connectivity index (χ2v) is 15.7. The number of carbonyl (C=O) groups excluding carboxylic acids is 3. The summed E-state index contributed by atoms with van der Waals surface area (Å²) in [6.45, 7) is 6.54. The van der Waals surface area contributed by atoms with Gasteiger partial charge in [-0.15, -0.1) is 0 Å². The van der Waals surface area contributed by atoms with Crippen LogP contribution in [0.3, 0.4) is 0 Å². The van der Waals surface area contributed by atoms with Crippen LogP contribution in [0, 0.1) is 6.92 Å². The van der Waals surface area contributed by atoms with Gasteiger partial charge in [-0.1, -0.05) is 24.3 Å². The van der Waals surface area contributed by atoms with Crippen molar-refractivity contribution in [2.45, 2.75) is 51.2 Å². The van der Waals surface area contributed by atoms with Gasteiger partial charge in [-0.3, -0.25) is 29.3 Å². The molecule has 4 heterocycles. The lowest BCUT2D eigenvalue weighted by Gasteiger charge is -2.34. The van der Waals surface area contributed by atoms with Crippen molar-refractivity contribution in [3.8, 4) is 28.5 Å². The van der Waals surface area contributed by atoms with Crippen molar-refractivity contribution in [3.05, 3.63) is 107 Å². The molecule has 0 radical (unpaired) electrons. The highest BCUT2D eigenvalue weighted by molar-refractivity contribution is 6.02. The molecule has 0 saturated carbocycles. The lowest BCUT2D eigenvalue weighted by molar-refractivity contribution is -0.138. The van der Waals surface area contributed by atoms with Crippen LogP contribution in [0.4, 0.5) is 13.2 Å². The number of phenols is 1. The van der Waals surface area contributed by atoms with E-state index in [9.17, 15) is 32.7 Å². The quantitative estimate of drug-likeness (QED) is 0.0925. The van der Waals surface area contributed by atoms with Crippen LogP contribution in [-0.2, 0) is 34.2 Å². The number of piperidine rings is 1. The highest BCUT2D eigenvalue weighted by Gasteiger charge is 2.32. The summed E-state index contributed by atoms with van der Waals surface area (Å²) in [4.78, 5) is 41.3. The lowest BCUT2D eigenvalue weighted by Crippen LogP contribution is -2.50. The first-order valence-corrected chi connectivity index (χ1v) is 20.5. The average Bonchev–Trinajstić information content (AvgIpc) is 3.71. The van der Waals surface area contributed by atoms with Crippen LogP contribution in [0.15, 0.2) is 84.9 Å². The van der Waals surface area contributed by atoms with E-state index in [0.29, 0.717) is 49.7 Å². The van der Waals surface area contributed by atoms with Gasteiger partial charge in [-0.2, -0.15) is 18.3 Å². The molecule has 0 bridgehead atoms. The number of hydrogen-bond acceptors (Lipinski definition) is 8. The molecule has 0 aliphatic carbocycles. The zero-order chi connectivity index (χ0) is 42.8. The second kappa shape index (κ2) is 17.3. The minimum atomic E-state index is -4.43. The Morgan fingerprint density at radius 1 is 0.869 bits per heavy atom. The maximum atomic E-state index is 13.3. The number of aryl methyl sites for hydroxylation is 2. The number of amides is 3. The van der Waals surface area contributed by atoms with Gasteiger partial charge < -0.3 is 24.0 Å². The number of imide groups is 1. The number of piperazine rings is 1. The average molecular weight is 837 g/mol. The SMILES string of the molecule is Cc1c(-c2ccc(C(F)(F)F)cc2)n(Cc2ccc(OCCCCN3CCN(C(=O)COc4ccc5c(C6CCC(=O)NC6=O)nn(C)c5c4)CC3)cc2)c2ccc(O)cc12. The third-order valence-electron chi connectivity index (χ3n) is 11.7. The van der Waals surface area contributed by atoms with Crippen molar-refractivity contribution in [2.24, 2.45) is 7.05 Å². The van der Waals surface area contributed by atoms with Gasteiger partial charge in [-0.25, -0.2) is 0 Å². The minimum Gasteiger partial charge on any atom is -0.508 e. The van der Waals surface area contributed by atoms with E-state index in [1.807, 2.05) is 54.3 Å². The molecular formula is C46H47F3N6O6. The van der Waals surface area contributed by atoms with Crippen molar-refractivity contribution >= 4 is 39.5 Å². The zero-order valence-electron chi connectivity index (χ0n) is 34.0. The smallest absolute Gasteiger partial charge is 0.416 e. The first kappa shape index (κ1) is 41.4. The van der Waals surface area contributed by atoms with Crippen LogP contribution in [0.2, 0.25) is 0 Å². The Morgan fingerprint density at radius 3 is 2.33 bits per heavy atom. The topological polar surface area (TPSA) is 131 Å². The van der Waals surface area contributed by atoms with E-state index < -0.39 is 17.7 Å². The number of nitrogens with one attached hydrogen (secondary N) is 1. The number of carbonyl (C=O) groups is 3. The summed E-state index contributed by atoms with van der Waals surface area (Å²) in [7, 11) is 1.79. The van der Waals surface area contributed by atoms with Crippen LogP contribution in [0.1, 0.15) is 54.0 Å². The van der Waals surface area contributed by atoms with Gasteiger partial charge in [0.15, 0.2) is 6.61 Å². The second-order valence-electron chi connectivity index (χ2n) is 15.7. The van der Waals surface area contributed by atoms with Crippen molar-refractivity contribution in [1.82, 2.24) is 29.5 Å². The molecule has 318 valence electrons. The van der Waals surface area contributed by atoms with Crippen LogP contribution < -0.4 is 14.8 Å². The molecule has 61 heavy (non-hydrogen) atoms. The molecule has 1 unspecified atom stereocenters. The van der Waals surface area contributed by atoms with E-state index in [-0.39, 0.29) is 36.5 Å². The highest BCUT2D eigenvalue weighted by Crippen LogP contribution is 2.38. The molecule has 2 aliphatic heterocycles. The molecular weight excluding hydrogens is 790 g/mol. The summed E-state index contributed by atoms with van der Waals surface area (Å²) in [6.07, 6.45) is -1.93. The number of fused-ring (bicyclic) bond motifs is 2. The molecule has 2 fully saturated rings. The molecule has 15 heteroatoms. The molecule has 3 amide bonds. The Hall–Kier alpha value is -6.35. The summed E-state index contributed by atoms with van der Waals surface area (Å²) in [6, 6.07) is 23.6. The Bertz CT molecular complexity index is 2580. The van der Waals surface area contributed by atoms with Gasteiger partial charge >= 0.3 is 6.18 Å². The summed E-state index contributed by atoms with van der Waals surface area (Å²) < 4.78 is 55.6. The number of unbranched alkanes of at least 4 members (excludes halogenated alkanes) is 1. The molecule has 1 atom stereocenters. The predicted octanol–water partition coefficient (Wildman–Crippen LogP) is 7.18. The molecule has 2 saturated heterocycles. The van der Waals surface area contributed by atoms with E-state index in [2.05, 4.69) is 19.9 Å². The number of aromatic nitrogens is 3. The molecule has 8 rings (SSSR count). The number of ether oxygens (including phenoxy) is 2. The molecule has 2 aromatic heterocycles. The molecule has 2 aliphatic rings. The van der Waals surface area contributed by atoms with Crippen LogP contribution in [0.5, 0.6) is 17.2 Å². The Morgan fingerprint density at radius 2 is 1.61 bits per heavy atom. The minimum absolute atomic E-state index is 0.0786. The fraction of sp³-hybridized carbons (Fsp3) is 0.348. The van der Waals surface area contributed by atoms with Gasteiger partial charge in [0.05, 0.1) is 35.0 Å². The van der Waals surface area contributed by atoms with E-state index >= 15 is 0 Å². The standard InChI is InChI=1S/C46H47F3N6O6/c1-29-38-25-33(56)11-17-39(38)55(44(29)31-7-9-32(10-8-31)46(47,48)49)27-30-5-12-34(13-6-30)60-24-4-3-19-53-20-22-54(23-21-53)42(58)28-61-35-14-15-36-40(26-35)52(2)51-43(36)37-16-18-41(57)50-45(37)59/h5-15,17,25-26,37,56H,3-4,16,18-24,27-28H2,1-2H3,(H,50,57,59). The number of hydrogen-bond donors (Lipinski definition) is 2. The number of benzene rings is 4. The molecule has 0 spiro atoms. The van der Waals surface area contributed by atoms with Gasteiger partial charge in [-0.05, 0) is 104 Å². The lowest BCUT2D eigenvalue weighted by atomic mass is 9.93. The van der Waals surface area contributed by atoms with Gasteiger partial charge in [0, 0.05) is 68.5 Å². The number of nitrogens with zero attached hydrogens (tertiary/aromatic N) is 5. The fourth-order valence-electron chi connectivity index (χ4n) is 8.39. The Labute approximate surface area is 350 Å². The molecule has 6 aromatic rings. The highest BCUT2D eigenvalue weighted by atomic mass is 19.4. The van der Waals surface area contributed by atoms with Crippen molar-refractivity contribution in [3.63, 3.8) is 0 Å². The molecule has 12 nitrogen and oxygen atoms in total.